The molecule has 128 valence electrons. The Bertz CT molecular complexity index is 677. The molecule has 0 bridgehead atoms. The van der Waals surface area contributed by atoms with Gasteiger partial charge in [-0.3, -0.25) is 4.90 Å². The highest BCUT2D eigenvalue weighted by Gasteiger charge is 2.41. The number of anilines is 1. The third-order valence-electron chi connectivity index (χ3n) is 4.98. The maximum Gasteiger partial charge on any atom is 0.128 e. The van der Waals surface area contributed by atoms with E-state index >= 15 is 0 Å². The molecule has 0 aromatic carbocycles. The Morgan fingerprint density at radius 3 is 3.04 bits per heavy atom. The largest absolute Gasteiger partial charge is 0.379 e. The second kappa shape index (κ2) is 6.78. The lowest BCUT2D eigenvalue weighted by Gasteiger charge is -2.31. The summed E-state index contributed by atoms with van der Waals surface area (Å²) in [5.74, 6) is 1.08. The summed E-state index contributed by atoms with van der Waals surface area (Å²) in [5, 5.41) is 3.33. The molecule has 2 aromatic heterocycles. The van der Waals surface area contributed by atoms with Crippen molar-refractivity contribution >= 4 is 17.2 Å². The molecule has 24 heavy (non-hydrogen) atoms. The van der Waals surface area contributed by atoms with Gasteiger partial charge in [0.1, 0.15) is 5.82 Å². The van der Waals surface area contributed by atoms with E-state index < -0.39 is 0 Å². The molecule has 2 aliphatic rings. The Hall–Kier alpha value is -1.50. The molecule has 5 nitrogen and oxygen atoms in total. The molecule has 0 saturated carbocycles. The SMILES string of the molecule is Cc1nc(CN2CCOC[C@]3(CCN(c4ccccn4)C3)C2)cs1. The molecule has 0 N–H and O–H groups in total. The molecular weight excluding hydrogens is 320 g/mol. The molecule has 4 heterocycles. The zero-order valence-electron chi connectivity index (χ0n) is 14.1. The fourth-order valence-electron chi connectivity index (χ4n) is 3.84. The van der Waals surface area contributed by atoms with Crippen molar-refractivity contribution < 1.29 is 4.74 Å². The monoisotopic (exact) mass is 344 g/mol. The van der Waals surface area contributed by atoms with Crippen LogP contribution in [0.5, 0.6) is 0 Å². The van der Waals surface area contributed by atoms with Crippen LogP contribution in [0.3, 0.4) is 0 Å². The van der Waals surface area contributed by atoms with Gasteiger partial charge in [-0.25, -0.2) is 9.97 Å². The van der Waals surface area contributed by atoms with Crippen LogP contribution < -0.4 is 4.90 Å². The summed E-state index contributed by atoms with van der Waals surface area (Å²) in [6.45, 7) is 8.81. The number of aromatic nitrogens is 2. The van der Waals surface area contributed by atoms with Gasteiger partial charge in [0.15, 0.2) is 0 Å². The smallest absolute Gasteiger partial charge is 0.128 e. The van der Waals surface area contributed by atoms with Gasteiger partial charge in [-0.1, -0.05) is 6.07 Å². The van der Waals surface area contributed by atoms with Crippen molar-refractivity contribution in [2.75, 3.05) is 44.3 Å². The molecule has 4 rings (SSSR count). The second-order valence-electron chi connectivity index (χ2n) is 6.98. The Balaban J connectivity index is 1.46. The molecule has 6 heteroatoms. The lowest BCUT2D eigenvalue weighted by Crippen LogP contribution is -2.40. The zero-order chi connectivity index (χ0) is 16.4. The third kappa shape index (κ3) is 3.45. The summed E-state index contributed by atoms with van der Waals surface area (Å²) in [6, 6.07) is 6.14. The van der Waals surface area contributed by atoms with Gasteiger partial charge < -0.3 is 9.64 Å². The summed E-state index contributed by atoms with van der Waals surface area (Å²) < 4.78 is 5.98. The van der Waals surface area contributed by atoms with Crippen LogP contribution in [0.2, 0.25) is 0 Å². The number of thiazole rings is 1. The van der Waals surface area contributed by atoms with E-state index in [1.165, 1.54) is 5.69 Å². The van der Waals surface area contributed by atoms with Crippen molar-refractivity contribution in [1.29, 1.82) is 0 Å². The topological polar surface area (TPSA) is 41.5 Å². The first-order valence-electron chi connectivity index (χ1n) is 8.60. The maximum absolute atomic E-state index is 5.98. The van der Waals surface area contributed by atoms with Crippen LogP contribution >= 0.6 is 11.3 Å². The molecule has 0 unspecified atom stereocenters. The average molecular weight is 344 g/mol. The summed E-state index contributed by atoms with van der Waals surface area (Å²) in [5.41, 5.74) is 1.40. The van der Waals surface area contributed by atoms with E-state index in [0.717, 1.165) is 63.2 Å². The lowest BCUT2D eigenvalue weighted by molar-refractivity contribution is 0.0798. The number of hydrogen-bond acceptors (Lipinski definition) is 6. The first kappa shape index (κ1) is 16.0. The summed E-state index contributed by atoms with van der Waals surface area (Å²) >= 11 is 1.73. The van der Waals surface area contributed by atoms with Crippen LogP contribution in [-0.2, 0) is 11.3 Å². The number of pyridine rings is 1. The molecule has 0 aliphatic carbocycles. The number of hydrogen-bond donors (Lipinski definition) is 0. The molecule has 2 aromatic rings. The van der Waals surface area contributed by atoms with Crippen molar-refractivity contribution in [3.8, 4) is 0 Å². The highest BCUT2D eigenvalue weighted by molar-refractivity contribution is 7.09. The minimum atomic E-state index is 0.207. The first-order chi connectivity index (χ1) is 11.7. The quantitative estimate of drug-likeness (QED) is 0.856. The minimum Gasteiger partial charge on any atom is -0.379 e. The molecule has 2 aliphatic heterocycles. The highest BCUT2D eigenvalue weighted by Crippen LogP contribution is 2.35. The fourth-order valence-corrected chi connectivity index (χ4v) is 4.45. The number of aryl methyl sites for hydroxylation is 1. The van der Waals surface area contributed by atoms with Gasteiger partial charge in [0.2, 0.25) is 0 Å². The van der Waals surface area contributed by atoms with Crippen LogP contribution in [0, 0.1) is 12.3 Å². The van der Waals surface area contributed by atoms with E-state index in [4.69, 9.17) is 4.74 Å². The summed E-state index contributed by atoms with van der Waals surface area (Å²) in [6.07, 6.45) is 3.04. The number of ether oxygens (including phenoxy) is 1. The molecule has 0 radical (unpaired) electrons. The highest BCUT2D eigenvalue weighted by atomic mass is 32.1. The molecule has 0 amide bonds. The number of nitrogens with zero attached hydrogens (tertiary/aromatic N) is 4. The Kier molecular flexibility index (Phi) is 4.52. The van der Waals surface area contributed by atoms with E-state index in [1.54, 1.807) is 11.3 Å². The maximum atomic E-state index is 5.98. The van der Waals surface area contributed by atoms with E-state index in [9.17, 15) is 0 Å². The summed E-state index contributed by atoms with van der Waals surface area (Å²) in [4.78, 5) is 14.1. The van der Waals surface area contributed by atoms with E-state index in [2.05, 4.69) is 44.2 Å². The molecule has 1 atom stereocenters. The van der Waals surface area contributed by atoms with Crippen molar-refractivity contribution in [3.63, 3.8) is 0 Å². The predicted molar refractivity (Wildman–Crippen MR) is 96.4 cm³/mol. The lowest BCUT2D eigenvalue weighted by atomic mass is 9.87. The zero-order valence-corrected chi connectivity index (χ0v) is 15.0. The van der Waals surface area contributed by atoms with Gasteiger partial charge in [-0.2, -0.15) is 0 Å². The number of rotatable bonds is 3. The van der Waals surface area contributed by atoms with Crippen molar-refractivity contribution in [1.82, 2.24) is 14.9 Å². The van der Waals surface area contributed by atoms with Gasteiger partial charge >= 0.3 is 0 Å². The fraction of sp³-hybridized carbons (Fsp3) is 0.556. The van der Waals surface area contributed by atoms with Gasteiger partial charge in [-0.15, -0.1) is 11.3 Å². The van der Waals surface area contributed by atoms with Gasteiger partial charge in [-0.05, 0) is 25.5 Å². The Labute approximate surface area is 147 Å². The first-order valence-corrected chi connectivity index (χ1v) is 9.48. The van der Waals surface area contributed by atoms with Gasteiger partial charge in [0.05, 0.1) is 23.9 Å². The second-order valence-corrected chi connectivity index (χ2v) is 8.04. The van der Waals surface area contributed by atoms with Crippen LogP contribution in [0.1, 0.15) is 17.1 Å². The van der Waals surface area contributed by atoms with E-state index in [1.807, 2.05) is 12.3 Å². The Morgan fingerprint density at radius 1 is 1.29 bits per heavy atom. The van der Waals surface area contributed by atoms with E-state index in [0.29, 0.717) is 0 Å². The summed E-state index contributed by atoms with van der Waals surface area (Å²) in [7, 11) is 0. The normalized spacial score (nSPS) is 25.3. The van der Waals surface area contributed by atoms with Gasteiger partial charge in [0.25, 0.3) is 0 Å². The standard InChI is InChI=1S/C18H24N4OS/c1-15-20-16(11-24-15)10-21-8-9-23-14-18(12-21)5-7-22(13-18)17-4-2-3-6-19-17/h2-4,6,11H,5,7-10,12-14H2,1H3/t18-/m1/s1. The molecule has 2 fully saturated rings. The Morgan fingerprint density at radius 2 is 2.25 bits per heavy atom. The van der Waals surface area contributed by atoms with Crippen LogP contribution in [0.4, 0.5) is 5.82 Å². The third-order valence-corrected chi connectivity index (χ3v) is 5.81. The van der Waals surface area contributed by atoms with Crippen LogP contribution in [0.25, 0.3) is 0 Å². The van der Waals surface area contributed by atoms with E-state index in [-0.39, 0.29) is 5.41 Å². The predicted octanol–water partition coefficient (Wildman–Crippen LogP) is 2.58. The minimum absolute atomic E-state index is 0.207. The van der Waals surface area contributed by atoms with Crippen molar-refractivity contribution in [2.24, 2.45) is 5.41 Å². The molecule has 2 saturated heterocycles. The van der Waals surface area contributed by atoms with Crippen molar-refractivity contribution in [2.45, 2.75) is 19.9 Å². The average Bonchev–Trinajstić information content (AvgIpc) is 3.13. The van der Waals surface area contributed by atoms with Gasteiger partial charge in [0, 0.05) is 49.7 Å². The molecule has 1 spiro atoms. The van der Waals surface area contributed by atoms with Crippen molar-refractivity contribution in [3.05, 3.63) is 40.5 Å². The van der Waals surface area contributed by atoms with Crippen LogP contribution in [0.15, 0.2) is 29.8 Å². The van der Waals surface area contributed by atoms with Crippen LogP contribution in [-0.4, -0.2) is 54.3 Å². The molecular formula is C18H24N4OS.